The highest BCUT2D eigenvalue weighted by Gasteiger charge is 2.11. The monoisotopic (exact) mass is 320 g/mol. The van der Waals surface area contributed by atoms with Gasteiger partial charge in [-0.1, -0.05) is 6.07 Å². The molecule has 0 aliphatic heterocycles. The van der Waals surface area contributed by atoms with Gasteiger partial charge in [0.2, 0.25) is 5.91 Å². The molecule has 1 rings (SSSR count). The van der Waals surface area contributed by atoms with Crippen molar-refractivity contribution in [2.75, 3.05) is 5.32 Å². The van der Waals surface area contributed by atoms with Crippen LogP contribution in [-0.4, -0.2) is 11.9 Å². The zero-order valence-corrected chi connectivity index (χ0v) is 10.7. The molecule has 0 bridgehead atoms. The lowest BCUT2D eigenvalue weighted by atomic mass is 10.3. The van der Waals surface area contributed by atoms with Crippen LogP contribution in [0, 0.1) is 0 Å². The molecule has 0 aliphatic carbocycles. The Kier molecular flexibility index (Phi) is 4.10. The van der Waals surface area contributed by atoms with Gasteiger partial charge in [0.05, 0.1) is 11.7 Å². The summed E-state index contributed by atoms with van der Waals surface area (Å²) >= 11 is 6.68. The van der Waals surface area contributed by atoms with E-state index in [0.717, 1.165) is 8.95 Å². The van der Waals surface area contributed by atoms with E-state index in [4.69, 9.17) is 5.73 Å². The van der Waals surface area contributed by atoms with Crippen LogP contribution in [0.15, 0.2) is 27.1 Å². The SMILES string of the molecule is C[C@H](N)C(=O)Nc1c(Br)cccc1Br. The fourth-order valence-electron chi connectivity index (χ4n) is 0.854. The molecule has 0 aliphatic rings. The summed E-state index contributed by atoms with van der Waals surface area (Å²) in [6.07, 6.45) is 0. The van der Waals surface area contributed by atoms with Crippen molar-refractivity contribution < 1.29 is 4.79 Å². The van der Waals surface area contributed by atoms with Gasteiger partial charge in [-0.25, -0.2) is 0 Å². The Morgan fingerprint density at radius 3 is 2.36 bits per heavy atom. The molecule has 3 N–H and O–H groups in total. The fourth-order valence-corrected chi connectivity index (χ4v) is 2.05. The van der Waals surface area contributed by atoms with Crippen molar-refractivity contribution in [3.05, 3.63) is 27.1 Å². The molecule has 1 amide bonds. The van der Waals surface area contributed by atoms with Crippen LogP contribution in [0.2, 0.25) is 0 Å². The number of benzene rings is 1. The lowest BCUT2D eigenvalue weighted by Gasteiger charge is -2.10. The topological polar surface area (TPSA) is 55.1 Å². The highest BCUT2D eigenvalue weighted by Crippen LogP contribution is 2.30. The molecule has 5 heteroatoms. The quantitative estimate of drug-likeness (QED) is 0.879. The molecule has 0 radical (unpaired) electrons. The van der Waals surface area contributed by atoms with E-state index in [2.05, 4.69) is 37.2 Å². The van der Waals surface area contributed by atoms with E-state index in [1.807, 2.05) is 18.2 Å². The number of carbonyl (C=O) groups is 1. The van der Waals surface area contributed by atoms with Crippen molar-refractivity contribution >= 4 is 43.5 Å². The third-order valence-electron chi connectivity index (χ3n) is 1.62. The maximum Gasteiger partial charge on any atom is 0.241 e. The summed E-state index contributed by atoms with van der Waals surface area (Å²) in [5.74, 6) is -0.211. The number of rotatable bonds is 2. The van der Waals surface area contributed by atoms with Crippen molar-refractivity contribution in [2.24, 2.45) is 5.73 Å². The smallest absolute Gasteiger partial charge is 0.241 e. The molecule has 3 nitrogen and oxygen atoms in total. The summed E-state index contributed by atoms with van der Waals surface area (Å²) in [4.78, 5) is 11.3. The second kappa shape index (κ2) is 4.91. The Hall–Kier alpha value is -0.390. The molecule has 0 fully saturated rings. The van der Waals surface area contributed by atoms with Crippen LogP contribution in [0.4, 0.5) is 5.69 Å². The van der Waals surface area contributed by atoms with Gasteiger partial charge in [-0.3, -0.25) is 4.79 Å². The van der Waals surface area contributed by atoms with Gasteiger partial charge in [0, 0.05) is 8.95 Å². The first-order chi connectivity index (χ1) is 6.52. The Labute approximate surface area is 99.3 Å². The summed E-state index contributed by atoms with van der Waals surface area (Å²) in [6, 6.07) is 5.05. The van der Waals surface area contributed by atoms with Crippen LogP contribution in [0.5, 0.6) is 0 Å². The summed E-state index contributed by atoms with van der Waals surface area (Å²) in [6.45, 7) is 1.64. The average molecular weight is 322 g/mol. The third-order valence-corrected chi connectivity index (χ3v) is 2.95. The fraction of sp³-hybridized carbons (Fsp3) is 0.222. The Balaban J connectivity index is 2.91. The van der Waals surface area contributed by atoms with Crippen LogP contribution in [0.1, 0.15) is 6.92 Å². The Bertz CT molecular complexity index is 332. The summed E-state index contributed by atoms with van der Waals surface area (Å²) in [5.41, 5.74) is 6.14. The Morgan fingerprint density at radius 2 is 1.93 bits per heavy atom. The molecule has 0 spiro atoms. The number of nitrogens with one attached hydrogen (secondary N) is 1. The number of carbonyl (C=O) groups excluding carboxylic acids is 1. The lowest BCUT2D eigenvalue weighted by Crippen LogP contribution is -2.32. The first kappa shape index (κ1) is 11.7. The zero-order valence-electron chi connectivity index (χ0n) is 7.55. The van der Waals surface area contributed by atoms with E-state index in [0.29, 0.717) is 5.69 Å². The largest absolute Gasteiger partial charge is 0.323 e. The number of halogens is 2. The van der Waals surface area contributed by atoms with E-state index in [1.165, 1.54) is 0 Å². The van der Waals surface area contributed by atoms with Gasteiger partial charge < -0.3 is 11.1 Å². The van der Waals surface area contributed by atoms with Crippen molar-refractivity contribution in [2.45, 2.75) is 13.0 Å². The Morgan fingerprint density at radius 1 is 1.43 bits per heavy atom. The first-order valence-electron chi connectivity index (χ1n) is 4.03. The van der Waals surface area contributed by atoms with E-state index < -0.39 is 6.04 Å². The van der Waals surface area contributed by atoms with Crippen molar-refractivity contribution in [1.29, 1.82) is 0 Å². The number of anilines is 1. The highest BCUT2D eigenvalue weighted by molar-refractivity contribution is 9.11. The van der Waals surface area contributed by atoms with Crippen molar-refractivity contribution in [1.82, 2.24) is 0 Å². The molecule has 0 unspecified atom stereocenters. The molecule has 1 aromatic rings. The molecule has 0 saturated heterocycles. The van der Waals surface area contributed by atoms with Gasteiger partial charge in [-0.05, 0) is 50.9 Å². The number of para-hydroxylation sites is 1. The molecular weight excluding hydrogens is 312 g/mol. The summed E-state index contributed by atoms with van der Waals surface area (Å²) in [7, 11) is 0. The molecule has 0 saturated carbocycles. The minimum Gasteiger partial charge on any atom is -0.323 e. The normalized spacial score (nSPS) is 12.3. The number of nitrogens with two attached hydrogens (primary N) is 1. The van der Waals surface area contributed by atoms with Gasteiger partial charge >= 0.3 is 0 Å². The number of hydrogen-bond acceptors (Lipinski definition) is 2. The van der Waals surface area contributed by atoms with Gasteiger partial charge in [0.25, 0.3) is 0 Å². The molecule has 1 atom stereocenters. The molecule has 76 valence electrons. The van der Waals surface area contributed by atoms with Crippen LogP contribution in [-0.2, 0) is 4.79 Å². The third kappa shape index (κ3) is 2.80. The van der Waals surface area contributed by atoms with Gasteiger partial charge in [-0.15, -0.1) is 0 Å². The van der Waals surface area contributed by atoms with Crippen LogP contribution in [0.3, 0.4) is 0 Å². The average Bonchev–Trinajstić information content (AvgIpc) is 2.11. The summed E-state index contributed by atoms with van der Waals surface area (Å²) in [5, 5.41) is 2.72. The second-order valence-electron chi connectivity index (χ2n) is 2.87. The van der Waals surface area contributed by atoms with Crippen molar-refractivity contribution in [3.8, 4) is 0 Å². The van der Waals surface area contributed by atoms with Gasteiger partial charge in [0.1, 0.15) is 0 Å². The van der Waals surface area contributed by atoms with Gasteiger partial charge in [-0.2, -0.15) is 0 Å². The molecular formula is C9H10Br2N2O. The predicted molar refractivity (Wildman–Crippen MR) is 64.1 cm³/mol. The van der Waals surface area contributed by atoms with Crippen LogP contribution < -0.4 is 11.1 Å². The van der Waals surface area contributed by atoms with E-state index in [1.54, 1.807) is 6.92 Å². The minimum atomic E-state index is -0.519. The second-order valence-corrected chi connectivity index (χ2v) is 4.58. The lowest BCUT2D eigenvalue weighted by molar-refractivity contribution is -0.117. The van der Waals surface area contributed by atoms with Crippen molar-refractivity contribution in [3.63, 3.8) is 0 Å². The zero-order chi connectivity index (χ0) is 10.7. The number of hydrogen-bond donors (Lipinski definition) is 2. The molecule has 0 aromatic heterocycles. The maximum atomic E-state index is 11.3. The predicted octanol–water partition coefficient (Wildman–Crippen LogP) is 2.50. The standard InChI is InChI=1S/C9H10Br2N2O/c1-5(12)9(14)13-8-6(10)3-2-4-7(8)11/h2-5H,12H2,1H3,(H,13,14)/t5-/m0/s1. The maximum absolute atomic E-state index is 11.3. The number of amides is 1. The molecule has 1 aromatic carbocycles. The van der Waals surface area contributed by atoms with E-state index in [-0.39, 0.29) is 5.91 Å². The van der Waals surface area contributed by atoms with E-state index in [9.17, 15) is 4.79 Å². The van der Waals surface area contributed by atoms with Crippen LogP contribution >= 0.6 is 31.9 Å². The first-order valence-corrected chi connectivity index (χ1v) is 5.61. The van der Waals surface area contributed by atoms with E-state index >= 15 is 0 Å². The van der Waals surface area contributed by atoms with Gasteiger partial charge in [0.15, 0.2) is 0 Å². The molecule has 0 heterocycles. The highest BCUT2D eigenvalue weighted by atomic mass is 79.9. The minimum absolute atomic E-state index is 0.211. The summed E-state index contributed by atoms with van der Waals surface area (Å²) < 4.78 is 1.64. The van der Waals surface area contributed by atoms with Crippen LogP contribution in [0.25, 0.3) is 0 Å². The molecule has 14 heavy (non-hydrogen) atoms.